The van der Waals surface area contributed by atoms with Gasteiger partial charge in [0.05, 0.1) is 26.6 Å². The summed E-state index contributed by atoms with van der Waals surface area (Å²) in [5.41, 5.74) is 1.31. The van der Waals surface area contributed by atoms with E-state index in [4.69, 9.17) is 16.3 Å². The minimum Gasteiger partial charge on any atom is -1.00 e. The number of hydrogen-bond donors (Lipinski definition) is 1. The van der Waals surface area contributed by atoms with Gasteiger partial charge in [-0.15, -0.1) is 11.6 Å². The van der Waals surface area contributed by atoms with Crippen molar-refractivity contribution < 1.29 is 22.0 Å². The molecule has 0 spiro atoms. The number of methoxy groups -OCH3 is 1. The molecule has 0 saturated carbocycles. The Hall–Kier alpha value is -0.440. The number of benzene rings is 1. The van der Waals surface area contributed by atoms with E-state index in [1.54, 1.807) is 7.11 Å². The Bertz CT molecular complexity index is 264. The van der Waals surface area contributed by atoms with Crippen molar-refractivity contribution in [3.05, 3.63) is 29.8 Å². The lowest BCUT2D eigenvalue weighted by Gasteiger charge is -2.12. The van der Waals surface area contributed by atoms with Gasteiger partial charge in [-0.05, 0) is 24.3 Å². The highest BCUT2D eigenvalue weighted by Gasteiger charge is 2.02. The van der Waals surface area contributed by atoms with Crippen LogP contribution in [-0.2, 0) is 6.54 Å². The molecule has 0 radical (unpaired) electrons. The average molecular weight is 250 g/mol. The largest absolute Gasteiger partial charge is 1.00 e. The van der Waals surface area contributed by atoms with E-state index < -0.39 is 0 Å². The number of halogens is 2. The summed E-state index contributed by atoms with van der Waals surface area (Å²) >= 11 is 5.67. The molecule has 0 aliphatic heterocycles. The van der Waals surface area contributed by atoms with Crippen molar-refractivity contribution in [3.63, 3.8) is 0 Å². The van der Waals surface area contributed by atoms with Crippen LogP contribution in [0.15, 0.2) is 24.3 Å². The van der Waals surface area contributed by atoms with Crippen LogP contribution in [0.5, 0.6) is 5.75 Å². The van der Waals surface area contributed by atoms with Crippen LogP contribution >= 0.6 is 11.6 Å². The number of quaternary nitrogens is 1. The predicted molar refractivity (Wildman–Crippen MR) is 59.2 cm³/mol. The molecular weight excluding hydrogens is 233 g/mol. The SMILES string of the molecule is COc1ccc(C[NH+](C)CCCl)cc1.[Cl-]. The molecular formula is C11H17Cl2NO. The molecule has 0 amide bonds. The molecule has 1 aromatic rings. The monoisotopic (exact) mass is 249 g/mol. The van der Waals surface area contributed by atoms with Crippen molar-refractivity contribution in [2.75, 3.05) is 26.6 Å². The molecule has 1 unspecified atom stereocenters. The molecule has 0 aliphatic carbocycles. The van der Waals surface area contributed by atoms with Crippen LogP contribution in [0.1, 0.15) is 5.56 Å². The molecule has 86 valence electrons. The van der Waals surface area contributed by atoms with Crippen molar-refractivity contribution in [2.45, 2.75) is 6.54 Å². The Kier molecular flexibility index (Phi) is 7.57. The standard InChI is InChI=1S/C11H16ClNO.ClH/c1-13(8-7-12)9-10-3-5-11(14-2)6-4-10;/h3-6H,7-9H2,1-2H3;1H. The average Bonchev–Trinajstić information content (AvgIpc) is 2.19. The van der Waals surface area contributed by atoms with E-state index in [1.165, 1.54) is 10.5 Å². The maximum absolute atomic E-state index is 5.67. The second kappa shape index (κ2) is 7.80. The van der Waals surface area contributed by atoms with E-state index in [0.717, 1.165) is 18.8 Å². The lowest BCUT2D eigenvalue weighted by molar-refractivity contribution is -0.891. The summed E-state index contributed by atoms with van der Waals surface area (Å²) in [6, 6.07) is 8.17. The highest BCUT2D eigenvalue weighted by Crippen LogP contribution is 2.10. The van der Waals surface area contributed by atoms with Crippen LogP contribution < -0.4 is 22.0 Å². The zero-order valence-electron chi connectivity index (χ0n) is 9.09. The van der Waals surface area contributed by atoms with E-state index in [9.17, 15) is 0 Å². The van der Waals surface area contributed by atoms with Gasteiger partial charge in [-0.3, -0.25) is 0 Å². The summed E-state index contributed by atoms with van der Waals surface area (Å²) in [7, 11) is 3.83. The second-order valence-corrected chi connectivity index (χ2v) is 3.80. The first-order chi connectivity index (χ1) is 6.76. The van der Waals surface area contributed by atoms with Crippen LogP contribution in [0.2, 0.25) is 0 Å². The van der Waals surface area contributed by atoms with Gasteiger partial charge < -0.3 is 22.0 Å². The molecule has 0 fully saturated rings. The predicted octanol–water partition coefficient (Wildman–Crippen LogP) is -2.05. The van der Waals surface area contributed by atoms with Gasteiger partial charge in [0.25, 0.3) is 0 Å². The zero-order valence-corrected chi connectivity index (χ0v) is 10.6. The maximum Gasteiger partial charge on any atom is 0.118 e. The van der Waals surface area contributed by atoms with Gasteiger partial charge in [0, 0.05) is 5.56 Å². The Morgan fingerprint density at radius 3 is 2.33 bits per heavy atom. The van der Waals surface area contributed by atoms with Crippen molar-refractivity contribution in [1.29, 1.82) is 0 Å². The zero-order chi connectivity index (χ0) is 10.4. The molecule has 0 aromatic heterocycles. The Morgan fingerprint density at radius 2 is 1.87 bits per heavy atom. The first kappa shape index (κ1) is 14.6. The smallest absolute Gasteiger partial charge is 0.118 e. The van der Waals surface area contributed by atoms with Crippen LogP contribution in [0, 0.1) is 0 Å². The van der Waals surface area contributed by atoms with Crippen LogP contribution in [0.4, 0.5) is 0 Å². The second-order valence-electron chi connectivity index (χ2n) is 3.42. The van der Waals surface area contributed by atoms with Crippen molar-refractivity contribution in [1.82, 2.24) is 0 Å². The summed E-state index contributed by atoms with van der Waals surface area (Å²) in [6.07, 6.45) is 0. The number of alkyl halides is 1. The number of ether oxygens (including phenoxy) is 1. The lowest BCUT2D eigenvalue weighted by atomic mass is 10.2. The van der Waals surface area contributed by atoms with Crippen LogP contribution in [0.3, 0.4) is 0 Å². The summed E-state index contributed by atoms with van der Waals surface area (Å²) in [6.45, 7) is 2.00. The van der Waals surface area contributed by atoms with E-state index in [2.05, 4.69) is 19.2 Å². The molecule has 2 nitrogen and oxygen atoms in total. The number of hydrogen-bond acceptors (Lipinski definition) is 1. The Morgan fingerprint density at radius 1 is 1.27 bits per heavy atom. The fourth-order valence-corrected chi connectivity index (χ4v) is 1.66. The molecule has 0 saturated heterocycles. The van der Waals surface area contributed by atoms with Gasteiger partial charge in [0.15, 0.2) is 0 Å². The third-order valence-corrected chi connectivity index (χ3v) is 2.38. The summed E-state index contributed by atoms with van der Waals surface area (Å²) < 4.78 is 5.09. The highest BCUT2D eigenvalue weighted by atomic mass is 35.5. The third kappa shape index (κ3) is 5.26. The van der Waals surface area contributed by atoms with Crippen LogP contribution in [0.25, 0.3) is 0 Å². The minimum absolute atomic E-state index is 0. The molecule has 1 N–H and O–H groups in total. The van der Waals surface area contributed by atoms with Gasteiger partial charge in [0.1, 0.15) is 12.3 Å². The van der Waals surface area contributed by atoms with Crippen LogP contribution in [-0.4, -0.2) is 26.6 Å². The molecule has 4 heteroatoms. The van der Waals surface area contributed by atoms with Crippen molar-refractivity contribution >= 4 is 11.6 Å². The fourth-order valence-electron chi connectivity index (χ4n) is 1.34. The molecule has 15 heavy (non-hydrogen) atoms. The van der Waals surface area contributed by atoms with Crippen molar-refractivity contribution in [3.8, 4) is 5.75 Å². The third-order valence-electron chi connectivity index (χ3n) is 2.19. The molecule has 1 aromatic carbocycles. The van der Waals surface area contributed by atoms with Gasteiger partial charge in [-0.1, -0.05) is 0 Å². The van der Waals surface area contributed by atoms with E-state index in [0.29, 0.717) is 5.88 Å². The van der Waals surface area contributed by atoms with E-state index in [1.807, 2.05) is 12.1 Å². The van der Waals surface area contributed by atoms with E-state index in [-0.39, 0.29) is 12.4 Å². The van der Waals surface area contributed by atoms with Gasteiger partial charge in [0.2, 0.25) is 0 Å². The summed E-state index contributed by atoms with van der Waals surface area (Å²) in [5.74, 6) is 1.62. The van der Waals surface area contributed by atoms with Gasteiger partial charge in [-0.25, -0.2) is 0 Å². The fraction of sp³-hybridized carbons (Fsp3) is 0.455. The quantitative estimate of drug-likeness (QED) is 0.594. The van der Waals surface area contributed by atoms with E-state index >= 15 is 0 Å². The maximum atomic E-state index is 5.67. The molecule has 0 heterocycles. The molecule has 0 bridgehead atoms. The first-order valence-corrected chi connectivity index (χ1v) is 5.30. The summed E-state index contributed by atoms with van der Waals surface area (Å²) in [4.78, 5) is 1.42. The molecule has 0 aliphatic rings. The summed E-state index contributed by atoms with van der Waals surface area (Å²) in [5, 5.41) is 0. The Labute approximate surface area is 103 Å². The minimum atomic E-state index is 0. The Balaban J connectivity index is 0.00000196. The topological polar surface area (TPSA) is 13.7 Å². The van der Waals surface area contributed by atoms with Crippen molar-refractivity contribution in [2.24, 2.45) is 0 Å². The molecule has 1 atom stereocenters. The lowest BCUT2D eigenvalue weighted by Crippen LogP contribution is -3.07. The number of rotatable bonds is 5. The highest BCUT2D eigenvalue weighted by molar-refractivity contribution is 6.17. The van der Waals surface area contributed by atoms with Gasteiger partial charge >= 0.3 is 0 Å². The molecule has 1 rings (SSSR count). The first-order valence-electron chi connectivity index (χ1n) is 4.76. The van der Waals surface area contributed by atoms with Gasteiger partial charge in [-0.2, -0.15) is 0 Å². The normalized spacial score (nSPS) is 11.7. The number of nitrogens with one attached hydrogen (secondary N) is 1.